The second kappa shape index (κ2) is 7.60. The van der Waals surface area contributed by atoms with Crippen molar-refractivity contribution in [3.05, 3.63) is 71.5 Å². The molecule has 3 aromatic rings. The summed E-state index contributed by atoms with van der Waals surface area (Å²) in [6.45, 7) is 2.45. The van der Waals surface area contributed by atoms with Crippen LogP contribution < -0.4 is 4.90 Å². The average Bonchev–Trinajstić information content (AvgIpc) is 3.15. The van der Waals surface area contributed by atoms with E-state index in [1.165, 1.54) is 4.90 Å². The normalized spacial score (nSPS) is 14.0. The van der Waals surface area contributed by atoms with Crippen molar-refractivity contribution in [1.29, 1.82) is 5.26 Å². The summed E-state index contributed by atoms with van der Waals surface area (Å²) in [6.07, 6.45) is 0. The number of amides is 2. The van der Waals surface area contributed by atoms with E-state index in [0.29, 0.717) is 41.6 Å². The molecule has 0 saturated carbocycles. The number of hydrogen-bond acceptors (Lipinski definition) is 4. The van der Waals surface area contributed by atoms with Crippen LogP contribution in [-0.2, 0) is 4.79 Å². The summed E-state index contributed by atoms with van der Waals surface area (Å²) in [7, 11) is 0. The van der Waals surface area contributed by atoms with Gasteiger partial charge in [0.25, 0.3) is 5.91 Å². The van der Waals surface area contributed by atoms with E-state index in [9.17, 15) is 14.9 Å². The Bertz CT molecular complexity index is 1110. The first kappa shape index (κ1) is 18.4. The first-order chi connectivity index (χ1) is 14.1. The molecule has 1 aromatic heterocycles. The van der Waals surface area contributed by atoms with Gasteiger partial charge in [-0.3, -0.25) is 9.59 Å². The first-order valence-corrected chi connectivity index (χ1v) is 9.29. The molecule has 2 amide bonds. The van der Waals surface area contributed by atoms with Crippen LogP contribution in [0.1, 0.15) is 21.7 Å². The van der Waals surface area contributed by atoms with Crippen molar-refractivity contribution in [3.63, 3.8) is 0 Å². The number of aromatic amines is 1. The highest BCUT2D eigenvalue weighted by molar-refractivity contribution is 6.02. The fourth-order valence-corrected chi connectivity index (χ4v) is 3.46. The monoisotopic (exact) mass is 385 g/mol. The summed E-state index contributed by atoms with van der Waals surface area (Å²) in [5.74, 6) is 0.130. The number of carbonyl (C=O) groups excluding carboxylic acids is 2. The zero-order valence-electron chi connectivity index (χ0n) is 15.9. The molecule has 4 rings (SSSR count). The van der Waals surface area contributed by atoms with E-state index in [2.05, 4.69) is 16.0 Å². The molecule has 0 aliphatic carbocycles. The lowest BCUT2D eigenvalue weighted by Gasteiger charge is -2.34. The molecule has 0 unspecified atom stereocenters. The molecule has 0 atom stereocenters. The molecule has 1 aliphatic rings. The number of benzene rings is 2. The molecule has 0 spiro atoms. The van der Waals surface area contributed by atoms with Crippen LogP contribution in [0.25, 0.3) is 11.4 Å². The number of piperazine rings is 1. The van der Waals surface area contributed by atoms with Crippen LogP contribution in [0.15, 0.2) is 54.6 Å². The number of imidazole rings is 1. The van der Waals surface area contributed by atoms with Gasteiger partial charge in [0.2, 0.25) is 5.91 Å². The lowest BCUT2D eigenvalue weighted by molar-refractivity contribution is -0.120. The highest BCUT2D eigenvalue weighted by Crippen LogP contribution is 2.23. The Morgan fingerprint density at radius 2 is 1.83 bits per heavy atom. The third-order valence-corrected chi connectivity index (χ3v) is 4.96. The number of H-pyrrole nitrogens is 1. The SMILES string of the molecule is Cc1[nH]c(-c2ccccc2)nc1C(=O)N1CCN(c2ccccc2C#N)C(=O)C1. The Kier molecular flexibility index (Phi) is 4.83. The average molecular weight is 385 g/mol. The number of aromatic nitrogens is 2. The Balaban J connectivity index is 1.53. The van der Waals surface area contributed by atoms with Crippen molar-refractivity contribution in [2.24, 2.45) is 0 Å². The lowest BCUT2D eigenvalue weighted by Crippen LogP contribution is -2.52. The quantitative estimate of drug-likeness (QED) is 0.750. The fraction of sp³-hybridized carbons (Fsp3) is 0.182. The molecule has 144 valence electrons. The molecular weight excluding hydrogens is 366 g/mol. The van der Waals surface area contributed by atoms with Crippen molar-refractivity contribution < 1.29 is 9.59 Å². The van der Waals surface area contributed by atoms with Gasteiger partial charge >= 0.3 is 0 Å². The largest absolute Gasteiger partial charge is 0.341 e. The van der Waals surface area contributed by atoms with Gasteiger partial charge in [0.1, 0.15) is 24.1 Å². The molecule has 0 radical (unpaired) electrons. The van der Waals surface area contributed by atoms with Gasteiger partial charge in [0.05, 0.1) is 11.3 Å². The minimum absolute atomic E-state index is 0.0500. The number of aryl methyl sites for hydroxylation is 1. The summed E-state index contributed by atoms with van der Waals surface area (Å²) in [4.78, 5) is 36.4. The van der Waals surface area contributed by atoms with Crippen molar-refractivity contribution >= 4 is 17.5 Å². The smallest absolute Gasteiger partial charge is 0.274 e. The van der Waals surface area contributed by atoms with Crippen LogP contribution in [0.4, 0.5) is 5.69 Å². The summed E-state index contributed by atoms with van der Waals surface area (Å²) < 4.78 is 0. The molecule has 1 saturated heterocycles. The first-order valence-electron chi connectivity index (χ1n) is 9.29. The minimum atomic E-state index is -0.275. The van der Waals surface area contributed by atoms with Crippen molar-refractivity contribution in [2.75, 3.05) is 24.5 Å². The van der Waals surface area contributed by atoms with Crippen LogP contribution in [-0.4, -0.2) is 46.3 Å². The van der Waals surface area contributed by atoms with E-state index in [0.717, 1.165) is 5.56 Å². The number of nitrogens with zero attached hydrogens (tertiary/aromatic N) is 4. The molecule has 1 aliphatic heterocycles. The van der Waals surface area contributed by atoms with E-state index >= 15 is 0 Å². The number of hydrogen-bond donors (Lipinski definition) is 1. The number of anilines is 1. The minimum Gasteiger partial charge on any atom is -0.341 e. The van der Waals surface area contributed by atoms with Gasteiger partial charge in [-0.05, 0) is 19.1 Å². The van der Waals surface area contributed by atoms with E-state index in [1.54, 1.807) is 36.1 Å². The van der Waals surface area contributed by atoms with E-state index in [4.69, 9.17) is 0 Å². The molecule has 29 heavy (non-hydrogen) atoms. The van der Waals surface area contributed by atoms with Crippen molar-refractivity contribution in [1.82, 2.24) is 14.9 Å². The van der Waals surface area contributed by atoms with Gasteiger partial charge in [-0.2, -0.15) is 5.26 Å². The molecular formula is C22H19N5O2. The van der Waals surface area contributed by atoms with Gasteiger partial charge in [-0.25, -0.2) is 4.98 Å². The lowest BCUT2D eigenvalue weighted by atomic mass is 10.1. The van der Waals surface area contributed by atoms with Crippen molar-refractivity contribution in [3.8, 4) is 17.5 Å². The number of nitriles is 1. The van der Waals surface area contributed by atoms with E-state index in [1.807, 2.05) is 30.3 Å². The van der Waals surface area contributed by atoms with Crippen LogP contribution in [0, 0.1) is 18.3 Å². The van der Waals surface area contributed by atoms with Crippen LogP contribution in [0.3, 0.4) is 0 Å². The van der Waals surface area contributed by atoms with Crippen LogP contribution in [0.2, 0.25) is 0 Å². The maximum absolute atomic E-state index is 13.0. The van der Waals surface area contributed by atoms with Crippen LogP contribution >= 0.6 is 0 Å². The maximum atomic E-state index is 13.0. The second-order valence-electron chi connectivity index (χ2n) is 6.83. The standard InChI is InChI=1S/C22H19N5O2/c1-15-20(25-21(24-15)16-7-3-2-4-8-16)22(29)26-11-12-27(19(28)14-26)18-10-6-5-9-17(18)13-23/h2-10H,11-12,14H2,1H3,(H,24,25). The molecule has 0 bridgehead atoms. The molecule has 7 heteroatoms. The Hall–Kier alpha value is -3.92. The molecule has 7 nitrogen and oxygen atoms in total. The summed E-state index contributed by atoms with van der Waals surface area (Å²) in [5, 5.41) is 9.29. The highest BCUT2D eigenvalue weighted by atomic mass is 16.2. The Morgan fingerprint density at radius 1 is 1.10 bits per heavy atom. The fourth-order valence-electron chi connectivity index (χ4n) is 3.46. The predicted octanol–water partition coefficient (Wildman–Crippen LogP) is 2.75. The third-order valence-electron chi connectivity index (χ3n) is 4.96. The number of rotatable bonds is 3. The zero-order chi connectivity index (χ0) is 20.4. The van der Waals surface area contributed by atoms with Gasteiger partial charge in [0.15, 0.2) is 0 Å². The molecule has 2 aromatic carbocycles. The molecule has 1 fully saturated rings. The zero-order valence-corrected chi connectivity index (χ0v) is 15.9. The van der Waals surface area contributed by atoms with E-state index < -0.39 is 0 Å². The van der Waals surface area contributed by atoms with Gasteiger partial charge in [-0.15, -0.1) is 0 Å². The molecule has 1 N–H and O–H groups in total. The Labute approximate surface area is 168 Å². The van der Waals surface area contributed by atoms with Crippen molar-refractivity contribution in [2.45, 2.75) is 6.92 Å². The molecule has 2 heterocycles. The topological polar surface area (TPSA) is 93.1 Å². The Morgan fingerprint density at radius 3 is 2.55 bits per heavy atom. The highest BCUT2D eigenvalue weighted by Gasteiger charge is 2.31. The van der Waals surface area contributed by atoms with Gasteiger partial charge in [-0.1, -0.05) is 42.5 Å². The van der Waals surface area contributed by atoms with Gasteiger partial charge in [0, 0.05) is 24.3 Å². The van der Waals surface area contributed by atoms with Crippen LogP contribution in [0.5, 0.6) is 0 Å². The number of nitrogens with one attached hydrogen (secondary N) is 1. The second-order valence-corrected chi connectivity index (χ2v) is 6.83. The maximum Gasteiger partial charge on any atom is 0.274 e. The summed E-state index contributed by atoms with van der Waals surface area (Å²) in [5.41, 5.74) is 2.90. The number of carbonyl (C=O) groups is 2. The van der Waals surface area contributed by atoms with Gasteiger partial charge < -0.3 is 14.8 Å². The van der Waals surface area contributed by atoms with E-state index in [-0.39, 0.29) is 18.4 Å². The summed E-state index contributed by atoms with van der Waals surface area (Å²) >= 11 is 0. The number of para-hydroxylation sites is 1. The third kappa shape index (κ3) is 3.48. The predicted molar refractivity (Wildman–Crippen MR) is 108 cm³/mol. The summed E-state index contributed by atoms with van der Waals surface area (Å²) in [6, 6.07) is 18.7.